The Balaban J connectivity index is 1.66. The number of nitrogens with zero attached hydrogens (tertiary/aromatic N) is 2. The van der Waals surface area contributed by atoms with Gasteiger partial charge in [-0.05, 0) is 60.6 Å². The first-order chi connectivity index (χ1) is 13.6. The molecule has 0 unspecified atom stereocenters. The highest BCUT2D eigenvalue weighted by atomic mass is 16.2. The van der Waals surface area contributed by atoms with Crippen molar-refractivity contribution in [3.63, 3.8) is 0 Å². The quantitative estimate of drug-likeness (QED) is 0.652. The zero-order chi connectivity index (χ0) is 19.5. The normalized spacial score (nSPS) is 15.6. The van der Waals surface area contributed by atoms with E-state index in [9.17, 15) is 4.79 Å². The van der Waals surface area contributed by atoms with Crippen LogP contribution in [0.1, 0.15) is 18.4 Å². The number of amides is 2. The lowest BCUT2D eigenvalue weighted by Gasteiger charge is -2.30. The van der Waals surface area contributed by atoms with Crippen LogP contribution in [0.2, 0.25) is 0 Å². The van der Waals surface area contributed by atoms with Gasteiger partial charge in [-0.3, -0.25) is 9.88 Å². The highest BCUT2D eigenvalue weighted by Crippen LogP contribution is 2.30. The van der Waals surface area contributed by atoms with Gasteiger partial charge in [0.15, 0.2) is 0 Å². The maximum Gasteiger partial charge on any atom is 0.316 e. The van der Waals surface area contributed by atoms with E-state index in [0.717, 1.165) is 54.4 Å². The Morgan fingerprint density at radius 3 is 2.75 bits per heavy atom. The molecule has 0 radical (unpaired) electrons. The second kappa shape index (κ2) is 7.96. The topological polar surface area (TPSA) is 97.3 Å². The van der Waals surface area contributed by atoms with E-state index in [1.807, 2.05) is 36.7 Å². The Hall–Kier alpha value is -2.96. The van der Waals surface area contributed by atoms with Crippen molar-refractivity contribution < 1.29 is 4.79 Å². The number of hydrogen-bond donors (Lipinski definition) is 3. The van der Waals surface area contributed by atoms with E-state index in [1.165, 1.54) is 5.56 Å². The summed E-state index contributed by atoms with van der Waals surface area (Å²) in [6, 6.07) is 14.0. The number of rotatable bonds is 4. The lowest BCUT2D eigenvalue weighted by molar-refractivity contribution is 0.206. The van der Waals surface area contributed by atoms with Gasteiger partial charge in [-0.25, -0.2) is 4.79 Å². The van der Waals surface area contributed by atoms with E-state index < -0.39 is 6.03 Å². The molecule has 5 N–H and O–H groups in total. The second-order valence-electron chi connectivity index (χ2n) is 7.43. The summed E-state index contributed by atoms with van der Waals surface area (Å²) in [5, 5.41) is 4.88. The van der Waals surface area contributed by atoms with Gasteiger partial charge in [0, 0.05) is 41.6 Å². The van der Waals surface area contributed by atoms with Crippen LogP contribution >= 0.6 is 0 Å². The molecule has 28 heavy (non-hydrogen) atoms. The number of hydrogen-bond acceptors (Lipinski definition) is 4. The minimum Gasteiger partial charge on any atom is -0.351 e. The molecule has 6 heteroatoms. The summed E-state index contributed by atoms with van der Waals surface area (Å²) in [4.78, 5) is 18.0. The number of carbonyl (C=O) groups is 1. The summed E-state index contributed by atoms with van der Waals surface area (Å²) in [5.74, 6) is 0. The molecule has 1 aliphatic rings. The minimum atomic E-state index is -0.572. The van der Waals surface area contributed by atoms with E-state index in [2.05, 4.69) is 33.4 Å². The van der Waals surface area contributed by atoms with Crippen LogP contribution < -0.4 is 16.8 Å². The molecular weight excluding hydrogens is 350 g/mol. The average Bonchev–Trinajstić information content (AvgIpc) is 2.69. The molecule has 1 aromatic heterocycles. The highest BCUT2D eigenvalue weighted by Gasteiger charge is 2.16. The van der Waals surface area contributed by atoms with Crippen LogP contribution in [0, 0.1) is 0 Å². The van der Waals surface area contributed by atoms with Crippen LogP contribution in [0.3, 0.4) is 0 Å². The fourth-order valence-corrected chi connectivity index (χ4v) is 3.82. The molecule has 1 fully saturated rings. The van der Waals surface area contributed by atoms with E-state index in [0.29, 0.717) is 11.7 Å². The molecule has 144 valence electrons. The molecule has 6 nitrogen and oxygen atoms in total. The van der Waals surface area contributed by atoms with Crippen LogP contribution in [0.5, 0.6) is 0 Å². The van der Waals surface area contributed by atoms with Crippen molar-refractivity contribution in [1.82, 2.24) is 9.88 Å². The molecular formula is C22H25N5O. The SMILES string of the molecule is NC(=O)Nc1cccc(-c2cncc3ccc(CN4CCC(N)CC4)cc23)c1. The van der Waals surface area contributed by atoms with Gasteiger partial charge in [0.1, 0.15) is 0 Å². The predicted octanol–water partition coefficient (Wildman–Crippen LogP) is 3.32. The van der Waals surface area contributed by atoms with Gasteiger partial charge in [-0.1, -0.05) is 24.3 Å². The smallest absolute Gasteiger partial charge is 0.316 e. The summed E-state index contributed by atoms with van der Waals surface area (Å²) < 4.78 is 0. The number of carbonyl (C=O) groups excluding carboxylic acids is 1. The molecule has 1 aliphatic heterocycles. The molecule has 2 heterocycles. The highest BCUT2D eigenvalue weighted by molar-refractivity contribution is 5.97. The van der Waals surface area contributed by atoms with Crippen molar-refractivity contribution >= 4 is 22.5 Å². The first kappa shape index (κ1) is 18.4. The molecule has 3 aromatic rings. The largest absolute Gasteiger partial charge is 0.351 e. The van der Waals surface area contributed by atoms with Gasteiger partial charge >= 0.3 is 6.03 Å². The van der Waals surface area contributed by atoms with Gasteiger partial charge < -0.3 is 16.8 Å². The van der Waals surface area contributed by atoms with E-state index in [4.69, 9.17) is 11.5 Å². The third-order valence-corrected chi connectivity index (χ3v) is 5.30. The number of piperidine rings is 1. The summed E-state index contributed by atoms with van der Waals surface area (Å²) in [6.07, 6.45) is 5.87. The molecule has 2 amide bonds. The average molecular weight is 375 g/mol. The lowest BCUT2D eigenvalue weighted by Crippen LogP contribution is -2.39. The molecule has 0 spiro atoms. The number of fused-ring (bicyclic) bond motifs is 1. The number of nitrogens with two attached hydrogens (primary N) is 2. The fourth-order valence-electron chi connectivity index (χ4n) is 3.82. The Morgan fingerprint density at radius 2 is 1.96 bits per heavy atom. The number of primary amides is 1. The van der Waals surface area contributed by atoms with Gasteiger partial charge in [0.05, 0.1) is 0 Å². The van der Waals surface area contributed by atoms with Crippen molar-refractivity contribution in [2.45, 2.75) is 25.4 Å². The number of anilines is 1. The Kier molecular flexibility index (Phi) is 5.23. The van der Waals surface area contributed by atoms with E-state index in [1.54, 1.807) is 0 Å². The number of nitrogens with one attached hydrogen (secondary N) is 1. The molecule has 0 bridgehead atoms. The van der Waals surface area contributed by atoms with E-state index in [-0.39, 0.29) is 0 Å². The summed E-state index contributed by atoms with van der Waals surface area (Å²) in [6.45, 7) is 3.01. The van der Waals surface area contributed by atoms with Crippen molar-refractivity contribution in [2.75, 3.05) is 18.4 Å². The maximum atomic E-state index is 11.2. The van der Waals surface area contributed by atoms with Crippen molar-refractivity contribution in [3.05, 3.63) is 60.4 Å². The van der Waals surface area contributed by atoms with Crippen molar-refractivity contribution in [2.24, 2.45) is 11.5 Å². The fraction of sp³-hybridized carbons (Fsp3) is 0.273. The van der Waals surface area contributed by atoms with E-state index >= 15 is 0 Å². The van der Waals surface area contributed by atoms with Crippen molar-refractivity contribution in [1.29, 1.82) is 0 Å². The third-order valence-electron chi connectivity index (χ3n) is 5.30. The number of aromatic nitrogens is 1. The number of urea groups is 1. The zero-order valence-electron chi connectivity index (χ0n) is 15.8. The summed E-state index contributed by atoms with van der Waals surface area (Å²) >= 11 is 0. The van der Waals surface area contributed by atoms with Gasteiger partial charge in [-0.2, -0.15) is 0 Å². The van der Waals surface area contributed by atoms with Gasteiger partial charge in [-0.15, -0.1) is 0 Å². The molecule has 0 saturated carbocycles. The number of likely N-dealkylation sites (tertiary alicyclic amines) is 1. The first-order valence-corrected chi connectivity index (χ1v) is 9.60. The van der Waals surface area contributed by atoms with Crippen molar-refractivity contribution in [3.8, 4) is 11.1 Å². The molecule has 4 rings (SSSR count). The Bertz CT molecular complexity index is 995. The molecule has 0 atom stereocenters. The molecule has 1 saturated heterocycles. The van der Waals surface area contributed by atoms with Gasteiger partial charge in [0.2, 0.25) is 0 Å². The van der Waals surface area contributed by atoms with Crippen LogP contribution in [0.25, 0.3) is 21.9 Å². The van der Waals surface area contributed by atoms with Crippen LogP contribution in [-0.2, 0) is 6.54 Å². The molecule has 2 aromatic carbocycles. The zero-order valence-corrected chi connectivity index (χ0v) is 15.8. The summed E-state index contributed by atoms with van der Waals surface area (Å²) in [7, 11) is 0. The molecule has 0 aliphatic carbocycles. The monoisotopic (exact) mass is 375 g/mol. The number of pyridine rings is 1. The van der Waals surface area contributed by atoms with Crippen LogP contribution in [-0.4, -0.2) is 35.0 Å². The van der Waals surface area contributed by atoms with Gasteiger partial charge in [0.25, 0.3) is 0 Å². The Labute approximate surface area is 164 Å². The van der Waals surface area contributed by atoms with Crippen LogP contribution in [0.4, 0.5) is 10.5 Å². The maximum absolute atomic E-state index is 11.2. The second-order valence-corrected chi connectivity index (χ2v) is 7.43. The Morgan fingerprint density at radius 1 is 1.14 bits per heavy atom. The third kappa shape index (κ3) is 4.13. The predicted molar refractivity (Wildman–Crippen MR) is 113 cm³/mol. The first-order valence-electron chi connectivity index (χ1n) is 9.60. The standard InChI is InChI=1S/C22H25N5O/c23-18-6-8-27(9-7-18)14-15-4-5-17-12-25-13-21(20(17)10-15)16-2-1-3-19(11-16)26-22(24)28/h1-5,10-13,18H,6-9,14,23H2,(H3,24,26,28). The minimum absolute atomic E-state index is 0.340. The lowest BCUT2D eigenvalue weighted by atomic mass is 9.98. The van der Waals surface area contributed by atoms with Crippen LogP contribution in [0.15, 0.2) is 54.9 Å². The number of benzene rings is 2. The summed E-state index contributed by atoms with van der Waals surface area (Å²) in [5.41, 5.74) is 15.2.